The predicted octanol–water partition coefficient (Wildman–Crippen LogP) is 2.56. The summed E-state index contributed by atoms with van der Waals surface area (Å²) in [6.45, 7) is 3.89. The Bertz CT molecular complexity index is 578. The standard InChI is InChI=1S/C13H15ClN4O/c1-8-2-3-10(11(14)16-8)12-17-13(19-18-12)9-4-6-15-7-5-9/h2-3,9,15H,4-7H2,1H3. The summed E-state index contributed by atoms with van der Waals surface area (Å²) < 4.78 is 5.37. The topological polar surface area (TPSA) is 63.8 Å². The van der Waals surface area contributed by atoms with E-state index in [1.165, 1.54) is 0 Å². The minimum atomic E-state index is 0.347. The molecule has 0 atom stereocenters. The zero-order chi connectivity index (χ0) is 13.2. The average molecular weight is 279 g/mol. The molecule has 0 spiro atoms. The van der Waals surface area contributed by atoms with Crippen molar-refractivity contribution < 1.29 is 4.52 Å². The number of hydrogen-bond donors (Lipinski definition) is 1. The molecule has 0 unspecified atom stereocenters. The van der Waals surface area contributed by atoms with Crippen LogP contribution in [0.15, 0.2) is 16.7 Å². The van der Waals surface area contributed by atoms with Gasteiger partial charge in [-0.2, -0.15) is 4.98 Å². The Morgan fingerprint density at radius 2 is 2.05 bits per heavy atom. The third-order valence-electron chi connectivity index (χ3n) is 3.36. The molecule has 0 saturated carbocycles. The first-order chi connectivity index (χ1) is 9.24. The van der Waals surface area contributed by atoms with Gasteiger partial charge in [-0.1, -0.05) is 16.8 Å². The van der Waals surface area contributed by atoms with Crippen molar-refractivity contribution in [2.45, 2.75) is 25.7 Å². The van der Waals surface area contributed by atoms with Crippen LogP contribution in [0.4, 0.5) is 0 Å². The molecular weight excluding hydrogens is 264 g/mol. The number of piperidine rings is 1. The Morgan fingerprint density at radius 1 is 1.26 bits per heavy atom. The molecule has 0 radical (unpaired) electrons. The van der Waals surface area contributed by atoms with E-state index >= 15 is 0 Å². The van der Waals surface area contributed by atoms with Crippen molar-refractivity contribution in [3.63, 3.8) is 0 Å². The Balaban J connectivity index is 1.87. The Hall–Kier alpha value is -1.46. The first-order valence-electron chi connectivity index (χ1n) is 6.42. The van der Waals surface area contributed by atoms with Gasteiger partial charge in [-0.3, -0.25) is 0 Å². The van der Waals surface area contributed by atoms with E-state index in [-0.39, 0.29) is 0 Å². The first kappa shape index (κ1) is 12.6. The highest BCUT2D eigenvalue weighted by molar-refractivity contribution is 6.31. The fourth-order valence-electron chi connectivity index (χ4n) is 2.27. The molecule has 0 aromatic carbocycles. The molecule has 19 heavy (non-hydrogen) atoms. The molecule has 2 aromatic rings. The summed E-state index contributed by atoms with van der Waals surface area (Å²) in [6, 6.07) is 3.77. The lowest BCUT2D eigenvalue weighted by Gasteiger charge is -2.18. The molecule has 3 heterocycles. The van der Waals surface area contributed by atoms with Crippen molar-refractivity contribution in [3.05, 3.63) is 28.9 Å². The van der Waals surface area contributed by atoms with Crippen molar-refractivity contribution in [2.24, 2.45) is 0 Å². The quantitative estimate of drug-likeness (QED) is 0.856. The zero-order valence-electron chi connectivity index (χ0n) is 10.7. The predicted molar refractivity (Wildman–Crippen MR) is 72.1 cm³/mol. The Labute approximate surface area is 116 Å². The highest BCUT2D eigenvalue weighted by atomic mass is 35.5. The van der Waals surface area contributed by atoms with Gasteiger partial charge in [0, 0.05) is 11.6 Å². The Morgan fingerprint density at radius 3 is 2.79 bits per heavy atom. The number of hydrogen-bond acceptors (Lipinski definition) is 5. The summed E-state index contributed by atoms with van der Waals surface area (Å²) in [7, 11) is 0. The molecule has 1 N–H and O–H groups in total. The monoisotopic (exact) mass is 278 g/mol. The number of aromatic nitrogens is 3. The smallest absolute Gasteiger partial charge is 0.230 e. The van der Waals surface area contributed by atoms with Crippen LogP contribution in [0.25, 0.3) is 11.4 Å². The fraction of sp³-hybridized carbons (Fsp3) is 0.462. The fourth-order valence-corrected chi connectivity index (χ4v) is 2.55. The number of nitrogens with one attached hydrogen (secondary N) is 1. The summed E-state index contributed by atoms with van der Waals surface area (Å²) in [5.74, 6) is 1.57. The van der Waals surface area contributed by atoms with E-state index in [0.717, 1.165) is 37.2 Å². The van der Waals surface area contributed by atoms with Crippen LogP contribution in [0, 0.1) is 6.92 Å². The molecule has 1 saturated heterocycles. The van der Waals surface area contributed by atoms with Crippen LogP contribution in [-0.4, -0.2) is 28.2 Å². The summed E-state index contributed by atoms with van der Waals surface area (Å²) in [5, 5.41) is 7.75. The zero-order valence-corrected chi connectivity index (χ0v) is 11.4. The molecule has 2 aromatic heterocycles. The molecule has 0 bridgehead atoms. The molecule has 1 fully saturated rings. The number of pyridine rings is 1. The van der Waals surface area contributed by atoms with Gasteiger partial charge in [-0.15, -0.1) is 0 Å². The van der Waals surface area contributed by atoms with Crippen LogP contribution >= 0.6 is 11.6 Å². The maximum atomic E-state index is 6.12. The Kier molecular flexibility index (Phi) is 3.48. The third kappa shape index (κ3) is 2.62. The normalized spacial score (nSPS) is 16.7. The molecule has 0 amide bonds. The van der Waals surface area contributed by atoms with Crippen molar-refractivity contribution in [1.82, 2.24) is 20.4 Å². The SMILES string of the molecule is Cc1ccc(-c2noc(C3CCNCC3)n2)c(Cl)n1. The minimum Gasteiger partial charge on any atom is -0.339 e. The van der Waals surface area contributed by atoms with E-state index in [9.17, 15) is 0 Å². The number of halogens is 1. The maximum absolute atomic E-state index is 6.12. The van der Waals surface area contributed by atoms with Crippen molar-refractivity contribution in [3.8, 4) is 11.4 Å². The number of rotatable bonds is 2. The van der Waals surface area contributed by atoms with Gasteiger partial charge in [0.05, 0.1) is 5.56 Å². The molecule has 1 aliphatic rings. The van der Waals surface area contributed by atoms with Crippen molar-refractivity contribution >= 4 is 11.6 Å². The lowest BCUT2D eigenvalue weighted by molar-refractivity contribution is 0.320. The largest absolute Gasteiger partial charge is 0.339 e. The third-order valence-corrected chi connectivity index (χ3v) is 3.65. The number of nitrogens with zero attached hydrogens (tertiary/aromatic N) is 3. The number of aryl methyl sites for hydroxylation is 1. The molecule has 100 valence electrons. The molecule has 5 nitrogen and oxygen atoms in total. The highest BCUT2D eigenvalue weighted by Crippen LogP contribution is 2.28. The highest BCUT2D eigenvalue weighted by Gasteiger charge is 2.22. The van der Waals surface area contributed by atoms with Gasteiger partial charge in [0.1, 0.15) is 5.15 Å². The van der Waals surface area contributed by atoms with Gasteiger partial charge < -0.3 is 9.84 Å². The van der Waals surface area contributed by atoms with Crippen LogP contribution in [0.2, 0.25) is 5.15 Å². The molecule has 0 aliphatic carbocycles. The van der Waals surface area contributed by atoms with Crippen LogP contribution in [0.3, 0.4) is 0 Å². The van der Waals surface area contributed by atoms with E-state index in [1.54, 1.807) is 0 Å². The van der Waals surface area contributed by atoms with Crippen molar-refractivity contribution in [2.75, 3.05) is 13.1 Å². The van der Waals surface area contributed by atoms with Crippen LogP contribution in [0.5, 0.6) is 0 Å². The summed E-state index contributed by atoms with van der Waals surface area (Å²) in [5.41, 5.74) is 1.59. The average Bonchev–Trinajstić information content (AvgIpc) is 2.89. The van der Waals surface area contributed by atoms with Crippen LogP contribution in [-0.2, 0) is 0 Å². The molecule has 3 rings (SSSR count). The minimum absolute atomic E-state index is 0.347. The van der Waals surface area contributed by atoms with E-state index < -0.39 is 0 Å². The molecule has 1 aliphatic heterocycles. The maximum Gasteiger partial charge on any atom is 0.230 e. The second kappa shape index (κ2) is 5.27. The van der Waals surface area contributed by atoms with Crippen LogP contribution in [0.1, 0.15) is 30.3 Å². The second-order valence-corrected chi connectivity index (χ2v) is 5.13. The van der Waals surface area contributed by atoms with Crippen LogP contribution < -0.4 is 5.32 Å². The van der Waals surface area contributed by atoms with Gasteiger partial charge in [0.2, 0.25) is 11.7 Å². The molecule has 6 heteroatoms. The van der Waals surface area contributed by atoms with Gasteiger partial charge in [0.25, 0.3) is 0 Å². The lowest BCUT2D eigenvalue weighted by Crippen LogP contribution is -2.26. The van der Waals surface area contributed by atoms with E-state index in [2.05, 4.69) is 20.4 Å². The molecular formula is C13H15ClN4O. The van der Waals surface area contributed by atoms with Crippen molar-refractivity contribution in [1.29, 1.82) is 0 Å². The van der Waals surface area contributed by atoms with E-state index in [1.807, 2.05) is 19.1 Å². The van der Waals surface area contributed by atoms with E-state index in [4.69, 9.17) is 16.1 Å². The summed E-state index contributed by atoms with van der Waals surface area (Å²) in [4.78, 5) is 8.67. The first-order valence-corrected chi connectivity index (χ1v) is 6.79. The van der Waals surface area contributed by atoms with Gasteiger partial charge in [0.15, 0.2) is 0 Å². The second-order valence-electron chi connectivity index (χ2n) is 4.77. The lowest BCUT2D eigenvalue weighted by atomic mass is 9.98. The summed E-state index contributed by atoms with van der Waals surface area (Å²) >= 11 is 6.12. The van der Waals surface area contributed by atoms with Gasteiger partial charge in [-0.05, 0) is 45.0 Å². The van der Waals surface area contributed by atoms with Gasteiger partial charge in [-0.25, -0.2) is 4.98 Å². The van der Waals surface area contributed by atoms with Gasteiger partial charge >= 0.3 is 0 Å². The van der Waals surface area contributed by atoms with E-state index in [0.29, 0.717) is 22.8 Å². The summed E-state index contributed by atoms with van der Waals surface area (Å²) in [6.07, 6.45) is 2.06.